The van der Waals surface area contributed by atoms with Crippen LogP contribution in [0.3, 0.4) is 0 Å². The molecule has 1 heterocycles. The van der Waals surface area contributed by atoms with E-state index >= 15 is 0 Å². The first-order valence-electron chi connectivity index (χ1n) is 6.12. The molecule has 0 saturated carbocycles. The Morgan fingerprint density at radius 3 is 2.76 bits per heavy atom. The van der Waals surface area contributed by atoms with Gasteiger partial charge in [-0.25, -0.2) is 4.39 Å². The fourth-order valence-electron chi connectivity index (χ4n) is 2.15. The van der Waals surface area contributed by atoms with Crippen molar-refractivity contribution < 1.29 is 8.60 Å². The van der Waals surface area contributed by atoms with E-state index in [2.05, 4.69) is 4.90 Å². The molecule has 1 aromatic carbocycles. The van der Waals surface area contributed by atoms with Gasteiger partial charge in [-0.15, -0.1) is 0 Å². The molecule has 0 aliphatic carbocycles. The monoisotopic (exact) mass is 255 g/mol. The van der Waals surface area contributed by atoms with Crippen LogP contribution in [0.15, 0.2) is 29.2 Å². The highest BCUT2D eigenvalue weighted by Crippen LogP contribution is 2.11. The molecule has 0 N–H and O–H groups in total. The van der Waals surface area contributed by atoms with Gasteiger partial charge in [0.2, 0.25) is 0 Å². The van der Waals surface area contributed by atoms with Crippen molar-refractivity contribution in [3.8, 4) is 0 Å². The highest BCUT2D eigenvalue weighted by molar-refractivity contribution is 7.85. The second-order valence-corrected chi connectivity index (χ2v) is 5.98. The largest absolute Gasteiger partial charge is 0.303 e. The molecule has 94 valence electrons. The summed E-state index contributed by atoms with van der Waals surface area (Å²) in [5, 5.41) is 0. The summed E-state index contributed by atoms with van der Waals surface area (Å²) in [6, 6.07) is 6.09. The maximum absolute atomic E-state index is 13.0. The van der Waals surface area contributed by atoms with E-state index in [9.17, 15) is 8.60 Å². The number of halogens is 1. The molecular weight excluding hydrogens is 237 g/mol. The lowest BCUT2D eigenvalue weighted by Crippen LogP contribution is -2.21. The molecule has 0 amide bonds. The number of nitrogens with zero attached hydrogens (tertiary/aromatic N) is 1. The minimum atomic E-state index is -1.06. The van der Waals surface area contributed by atoms with E-state index in [1.165, 1.54) is 38.1 Å². The summed E-state index contributed by atoms with van der Waals surface area (Å²) >= 11 is 0. The van der Waals surface area contributed by atoms with Crippen LogP contribution in [0.1, 0.15) is 19.3 Å². The topological polar surface area (TPSA) is 20.3 Å². The van der Waals surface area contributed by atoms with Crippen molar-refractivity contribution in [1.82, 2.24) is 4.90 Å². The van der Waals surface area contributed by atoms with Gasteiger partial charge in [-0.1, -0.05) is 6.07 Å². The zero-order valence-corrected chi connectivity index (χ0v) is 10.7. The van der Waals surface area contributed by atoms with E-state index in [1.54, 1.807) is 12.1 Å². The molecule has 1 unspecified atom stereocenters. The zero-order valence-electron chi connectivity index (χ0n) is 9.90. The molecule has 2 rings (SSSR count). The van der Waals surface area contributed by atoms with E-state index in [4.69, 9.17) is 0 Å². The molecule has 0 spiro atoms. The Bertz CT molecular complexity index is 391. The summed E-state index contributed by atoms with van der Waals surface area (Å²) in [6.45, 7) is 3.36. The first-order valence-corrected chi connectivity index (χ1v) is 7.44. The van der Waals surface area contributed by atoms with Gasteiger partial charge in [0, 0.05) is 10.6 Å². The lowest BCUT2D eigenvalue weighted by molar-refractivity contribution is 0.340. The van der Waals surface area contributed by atoms with E-state index in [-0.39, 0.29) is 5.82 Å². The average Bonchev–Trinajstić information content (AvgIpc) is 2.82. The summed E-state index contributed by atoms with van der Waals surface area (Å²) < 4.78 is 24.8. The molecule has 17 heavy (non-hydrogen) atoms. The summed E-state index contributed by atoms with van der Waals surface area (Å²) in [4.78, 5) is 3.01. The molecule has 0 aromatic heterocycles. The van der Waals surface area contributed by atoms with Gasteiger partial charge < -0.3 is 4.90 Å². The fourth-order valence-corrected chi connectivity index (χ4v) is 3.25. The van der Waals surface area contributed by atoms with Gasteiger partial charge in [0.1, 0.15) is 5.82 Å². The number of rotatable bonds is 5. The maximum Gasteiger partial charge on any atom is 0.124 e. The smallest absolute Gasteiger partial charge is 0.124 e. The van der Waals surface area contributed by atoms with Gasteiger partial charge in [-0.05, 0) is 57.1 Å². The van der Waals surface area contributed by atoms with Gasteiger partial charge in [0.15, 0.2) is 0 Å². The van der Waals surface area contributed by atoms with E-state index in [1.807, 2.05) is 0 Å². The molecule has 0 radical (unpaired) electrons. The third-order valence-corrected chi connectivity index (χ3v) is 4.50. The van der Waals surface area contributed by atoms with E-state index in [0.717, 1.165) is 13.0 Å². The predicted molar refractivity (Wildman–Crippen MR) is 68.0 cm³/mol. The summed E-state index contributed by atoms with van der Waals surface area (Å²) in [5.41, 5.74) is 0. The van der Waals surface area contributed by atoms with Crippen LogP contribution in [0, 0.1) is 5.82 Å². The van der Waals surface area contributed by atoms with Crippen molar-refractivity contribution in [3.63, 3.8) is 0 Å². The van der Waals surface area contributed by atoms with Crippen LogP contribution in [0.5, 0.6) is 0 Å². The molecule has 1 aromatic rings. The van der Waals surface area contributed by atoms with Crippen molar-refractivity contribution in [3.05, 3.63) is 30.1 Å². The fraction of sp³-hybridized carbons (Fsp3) is 0.538. The Morgan fingerprint density at radius 2 is 2.06 bits per heavy atom. The van der Waals surface area contributed by atoms with Crippen molar-refractivity contribution in [1.29, 1.82) is 0 Å². The number of likely N-dealkylation sites (tertiary alicyclic amines) is 1. The van der Waals surface area contributed by atoms with Crippen molar-refractivity contribution in [2.24, 2.45) is 0 Å². The van der Waals surface area contributed by atoms with Crippen molar-refractivity contribution in [2.75, 3.05) is 25.4 Å². The number of hydrogen-bond acceptors (Lipinski definition) is 2. The van der Waals surface area contributed by atoms with Gasteiger partial charge in [-0.2, -0.15) is 0 Å². The molecule has 1 aliphatic heterocycles. The van der Waals surface area contributed by atoms with Crippen LogP contribution in [0.4, 0.5) is 4.39 Å². The summed E-state index contributed by atoms with van der Waals surface area (Å²) in [6.07, 6.45) is 3.49. The molecule has 1 saturated heterocycles. The van der Waals surface area contributed by atoms with Gasteiger partial charge in [-0.3, -0.25) is 4.21 Å². The van der Waals surface area contributed by atoms with Crippen molar-refractivity contribution in [2.45, 2.75) is 24.2 Å². The minimum absolute atomic E-state index is 0.310. The highest BCUT2D eigenvalue weighted by Gasteiger charge is 2.11. The van der Waals surface area contributed by atoms with Gasteiger partial charge >= 0.3 is 0 Å². The average molecular weight is 255 g/mol. The number of benzene rings is 1. The molecule has 1 aliphatic rings. The highest BCUT2D eigenvalue weighted by atomic mass is 32.2. The Labute approximate surface area is 104 Å². The van der Waals surface area contributed by atoms with Crippen LogP contribution in [0.25, 0.3) is 0 Å². The first kappa shape index (κ1) is 12.7. The van der Waals surface area contributed by atoms with Crippen LogP contribution in [0.2, 0.25) is 0 Å². The van der Waals surface area contributed by atoms with Gasteiger partial charge in [0.05, 0.1) is 10.8 Å². The second kappa shape index (κ2) is 6.26. The number of hydrogen-bond donors (Lipinski definition) is 0. The maximum atomic E-state index is 13.0. The van der Waals surface area contributed by atoms with Crippen LogP contribution < -0.4 is 0 Å². The van der Waals surface area contributed by atoms with Gasteiger partial charge in [0.25, 0.3) is 0 Å². The van der Waals surface area contributed by atoms with E-state index < -0.39 is 10.8 Å². The third kappa shape index (κ3) is 3.89. The molecule has 0 bridgehead atoms. The van der Waals surface area contributed by atoms with Crippen LogP contribution >= 0.6 is 0 Å². The first-order chi connectivity index (χ1) is 8.25. The lowest BCUT2D eigenvalue weighted by atomic mass is 10.3. The molecule has 4 heteroatoms. The zero-order chi connectivity index (χ0) is 12.1. The summed E-state index contributed by atoms with van der Waals surface area (Å²) in [5.74, 6) is 0.315. The Morgan fingerprint density at radius 1 is 1.29 bits per heavy atom. The standard InChI is InChI=1S/C13H18FNOS/c14-12-5-3-6-13(11-12)17(16)10-4-9-15-7-1-2-8-15/h3,5-6,11H,1-2,4,7-10H2. The van der Waals surface area contributed by atoms with E-state index in [0.29, 0.717) is 10.6 Å². The second-order valence-electron chi connectivity index (χ2n) is 4.41. The third-order valence-electron chi connectivity index (χ3n) is 3.06. The normalized spacial score (nSPS) is 18.4. The Balaban J connectivity index is 1.77. The Kier molecular flexibility index (Phi) is 4.68. The van der Waals surface area contributed by atoms with Crippen LogP contribution in [-0.2, 0) is 10.8 Å². The molecule has 2 nitrogen and oxygen atoms in total. The Hall–Kier alpha value is -0.740. The predicted octanol–water partition coefficient (Wildman–Crippen LogP) is 2.42. The molecular formula is C13H18FNOS. The van der Waals surface area contributed by atoms with Crippen LogP contribution in [-0.4, -0.2) is 34.5 Å². The lowest BCUT2D eigenvalue weighted by Gasteiger charge is -2.13. The summed E-state index contributed by atoms with van der Waals surface area (Å²) in [7, 11) is -1.06. The van der Waals surface area contributed by atoms with Crippen molar-refractivity contribution >= 4 is 10.8 Å². The molecule has 1 fully saturated rings. The minimum Gasteiger partial charge on any atom is -0.303 e. The quantitative estimate of drug-likeness (QED) is 0.805. The molecule has 1 atom stereocenters. The SMILES string of the molecule is O=S(CCCN1CCCC1)c1cccc(F)c1.